The van der Waals surface area contributed by atoms with Crippen LogP contribution in [0.3, 0.4) is 0 Å². The van der Waals surface area contributed by atoms with Crippen molar-refractivity contribution in [2.45, 2.75) is 53.4 Å². The first kappa shape index (κ1) is 22.4. The van der Waals surface area contributed by atoms with E-state index in [9.17, 15) is 5.26 Å². The summed E-state index contributed by atoms with van der Waals surface area (Å²) in [5.41, 5.74) is 7.49. The van der Waals surface area contributed by atoms with E-state index in [1.807, 2.05) is 30.3 Å². The highest BCUT2D eigenvalue weighted by Crippen LogP contribution is 2.25. The lowest BCUT2D eigenvalue weighted by Gasteiger charge is -2.13. The fourth-order valence-corrected chi connectivity index (χ4v) is 3.12. The molecule has 2 heteroatoms. The summed E-state index contributed by atoms with van der Waals surface area (Å²) in [7, 11) is 0. The van der Waals surface area contributed by atoms with Crippen LogP contribution in [0.1, 0.15) is 58.1 Å². The second kappa shape index (κ2) is 11.2. The van der Waals surface area contributed by atoms with Gasteiger partial charge in [0, 0.05) is 11.4 Å². The minimum absolute atomic E-state index is 0.442. The molecule has 2 aromatic rings. The van der Waals surface area contributed by atoms with Crippen LogP contribution in [0.2, 0.25) is 0 Å². The highest BCUT2D eigenvalue weighted by atomic mass is 14.8. The number of nitrogens with zero attached hydrogens (tertiary/aromatic N) is 2. The Morgan fingerprint density at radius 2 is 1.83 bits per heavy atom. The van der Waals surface area contributed by atoms with Crippen molar-refractivity contribution in [3.63, 3.8) is 0 Å². The first-order chi connectivity index (χ1) is 14.0. The van der Waals surface area contributed by atoms with Gasteiger partial charge < -0.3 is 0 Å². The van der Waals surface area contributed by atoms with E-state index in [4.69, 9.17) is 4.99 Å². The molecule has 29 heavy (non-hydrogen) atoms. The summed E-state index contributed by atoms with van der Waals surface area (Å²) in [5.74, 6) is 0.442. The van der Waals surface area contributed by atoms with Crippen LogP contribution in [-0.4, -0.2) is 5.71 Å². The fraction of sp³-hybridized carbons (Fsp3) is 0.333. The van der Waals surface area contributed by atoms with Crippen molar-refractivity contribution in [3.8, 4) is 17.2 Å². The van der Waals surface area contributed by atoms with Crippen LogP contribution in [0.5, 0.6) is 0 Å². The van der Waals surface area contributed by atoms with Crippen LogP contribution in [-0.2, 0) is 6.42 Å². The van der Waals surface area contributed by atoms with Gasteiger partial charge in [-0.3, -0.25) is 4.99 Å². The van der Waals surface area contributed by atoms with E-state index in [1.54, 1.807) is 0 Å². The highest BCUT2D eigenvalue weighted by molar-refractivity contribution is 5.84. The van der Waals surface area contributed by atoms with Gasteiger partial charge in [0.2, 0.25) is 0 Å². The zero-order valence-electron chi connectivity index (χ0n) is 18.2. The first-order valence-electron chi connectivity index (χ1n) is 10.5. The molecule has 0 aromatic heterocycles. The monoisotopic (exact) mass is 384 g/mol. The van der Waals surface area contributed by atoms with Gasteiger partial charge in [-0.1, -0.05) is 82.3 Å². The molecular weight excluding hydrogens is 352 g/mol. The van der Waals surface area contributed by atoms with E-state index in [1.165, 1.54) is 16.8 Å². The lowest BCUT2D eigenvalue weighted by molar-refractivity contribution is 0.768. The number of unbranched alkanes of at least 4 members (excludes halogenated alkanes) is 1. The van der Waals surface area contributed by atoms with E-state index in [-0.39, 0.29) is 0 Å². The Labute approximate surface area is 176 Å². The molecule has 0 spiro atoms. The largest absolute Gasteiger partial charge is 0.262 e. The van der Waals surface area contributed by atoms with Gasteiger partial charge in [-0.05, 0) is 60.4 Å². The molecule has 0 saturated carbocycles. The van der Waals surface area contributed by atoms with Crippen molar-refractivity contribution in [1.82, 2.24) is 0 Å². The van der Waals surface area contributed by atoms with Crippen LogP contribution in [0.25, 0.3) is 11.1 Å². The predicted octanol–water partition coefficient (Wildman–Crippen LogP) is 7.51. The van der Waals surface area contributed by atoms with Crippen molar-refractivity contribution in [3.05, 3.63) is 83.6 Å². The molecule has 0 aliphatic carbocycles. The molecule has 0 bridgehead atoms. The zero-order valence-corrected chi connectivity index (χ0v) is 18.2. The zero-order chi connectivity index (χ0) is 21.2. The highest BCUT2D eigenvalue weighted by Gasteiger charge is 2.09. The summed E-state index contributed by atoms with van der Waals surface area (Å²) in [6, 6.07) is 18.5. The number of aliphatic imine (C=N–C) groups is 1. The fourth-order valence-electron chi connectivity index (χ4n) is 3.12. The molecule has 0 aliphatic rings. The molecule has 0 atom stereocenters. The summed E-state index contributed by atoms with van der Waals surface area (Å²) in [4.78, 5) is 4.96. The maximum absolute atomic E-state index is 9.35. The standard InChI is InChI=1S/C27H32N2/c1-6-8-13-27(29-21(5)20(3)4)23(7-2)18-22-14-16-24(17-15-22)26-12-10-9-11-25(26)19-28/h7,9-12,14-17,20H,2,6,8,13,18H2,1,3-5H3/b27-23+,29-21?. The molecule has 2 rings (SSSR count). The Hall–Kier alpha value is -2.92. The van der Waals surface area contributed by atoms with E-state index >= 15 is 0 Å². The molecule has 150 valence electrons. The number of rotatable bonds is 9. The molecule has 0 saturated heterocycles. The van der Waals surface area contributed by atoms with Gasteiger partial charge in [0.25, 0.3) is 0 Å². The van der Waals surface area contributed by atoms with E-state index in [0.29, 0.717) is 11.5 Å². The van der Waals surface area contributed by atoms with Gasteiger partial charge in [-0.25, -0.2) is 0 Å². The number of nitriles is 1. The van der Waals surface area contributed by atoms with Crippen molar-refractivity contribution in [1.29, 1.82) is 5.26 Å². The molecule has 0 amide bonds. The third kappa shape index (κ3) is 6.29. The topological polar surface area (TPSA) is 36.1 Å². The number of allylic oxidation sites excluding steroid dienone is 3. The second-order valence-electron chi connectivity index (χ2n) is 7.72. The Morgan fingerprint density at radius 1 is 1.14 bits per heavy atom. The Morgan fingerprint density at radius 3 is 2.41 bits per heavy atom. The van der Waals surface area contributed by atoms with Crippen LogP contribution in [0, 0.1) is 17.2 Å². The normalized spacial score (nSPS) is 12.5. The van der Waals surface area contributed by atoms with Crippen LogP contribution in [0.15, 0.2) is 77.4 Å². The Balaban J connectivity index is 2.33. The predicted molar refractivity (Wildman–Crippen MR) is 125 cm³/mol. The average Bonchev–Trinajstić information content (AvgIpc) is 2.75. The summed E-state index contributed by atoms with van der Waals surface area (Å²) in [6.45, 7) is 12.7. The van der Waals surface area contributed by atoms with E-state index in [2.05, 4.69) is 64.6 Å². The summed E-state index contributed by atoms with van der Waals surface area (Å²) >= 11 is 0. The molecule has 0 fully saturated rings. The molecule has 0 aliphatic heterocycles. The van der Waals surface area contributed by atoms with Gasteiger partial charge in [0.1, 0.15) is 0 Å². The Bertz CT molecular complexity index is 922. The van der Waals surface area contributed by atoms with E-state index < -0.39 is 0 Å². The molecule has 0 heterocycles. The van der Waals surface area contributed by atoms with Gasteiger partial charge >= 0.3 is 0 Å². The second-order valence-corrected chi connectivity index (χ2v) is 7.72. The molecule has 0 N–H and O–H groups in total. The third-order valence-electron chi connectivity index (χ3n) is 5.24. The molecule has 2 aromatic carbocycles. The Kier molecular flexibility index (Phi) is 8.62. The van der Waals surface area contributed by atoms with Gasteiger partial charge in [-0.15, -0.1) is 0 Å². The minimum atomic E-state index is 0.442. The van der Waals surface area contributed by atoms with Crippen LogP contribution >= 0.6 is 0 Å². The quantitative estimate of drug-likeness (QED) is 0.325. The molecular formula is C27H32N2. The summed E-state index contributed by atoms with van der Waals surface area (Å²) in [6.07, 6.45) is 6.04. The van der Waals surface area contributed by atoms with Crippen molar-refractivity contribution >= 4 is 5.71 Å². The summed E-state index contributed by atoms with van der Waals surface area (Å²) < 4.78 is 0. The maximum Gasteiger partial charge on any atom is 0.0998 e. The van der Waals surface area contributed by atoms with Crippen molar-refractivity contribution in [2.75, 3.05) is 0 Å². The lowest BCUT2D eigenvalue weighted by Crippen LogP contribution is -2.04. The van der Waals surface area contributed by atoms with Crippen molar-refractivity contribution < 1.29 is 0 Å². The van der Waals surface area contributed by atoms with Crippen LogP contribution in [0.4, 0.5) is 0 Å². The van der Waals surface area contributed by atoms with Crippen LogP contribution < -0.4 is 0 Å². The first-order valence-corrected chi connectivity index (χ1v) is 10.5. The van der Waals surface area contributed by atoms with Gasteiger partial charge in [0.05, 0.1) is 11.6 Å². The van der Waals surface area contributed by atoms with Crippen molar-refractivity contribution in [2.24, 2.45) is 10.9 Å². The third-order valence-corrected chi connectivity index (χ3v) is 5.24. The SMILES string of the molecule is C=C/C(Cc1ccc(-c2ccccc2C#N)cc1)=C(/CCCC)N=C(C)C(C)C. The number of benzene rings is 2. The average molecular weight is 385 g/mol. The van der Waals surface area contributed by atoms with Gasteiger partial charge in [-0.2, -0.15) is 5.26 Å². The number of hydrogen-bond donors (Lipinski definition) is 0. The lowest BCUT2D eigenvalue weighted by atomic mass is 9.96. The smallest absolute Gasteiger partial charge is 0.0998 e. The maximum atomic E-state index is 9.35. The summed E-state index contributed by atoms with van der Waals surface area (Å²) in [5, 5.41) is 9.35. The minimum Gasteiger partial charge on any atom is -0.262 e. The molecule has 0 radical (unpaired) electrons. The van der Waals surface area contributed by atoms with Gasteiger partial charge in [0.15, 0.2) is 0 Å². The molecule has 0 unspecified atom stereocenters. The van der Waals surface area contributed by atoms with E-state index in [0.717, 1.165) is 42.5 Å². The number of hydrogen-bond acceptors (Lipinski definition) is 2. The molecule has 2 nitrogen and oxygen atoms in total.